The Hall–Kier alpha value is -1.35. The highest BCUT2D eigenvalue weighted by atomic mass is 14.9. The number of nitrogens with one attached hydrogen (secondary N) is 2. The van der Waals surface area contributed by atoms with E-state index in [1.54, 1.807) is 6.20 Å². The lowest BCUT2D eigenvalue weighted by atomic mass is 10.1. The summed E-state index contributed by atoms with van der Waals surface area (Å²) in [6, 6.07) is 3.96. The van der Waals surface area contributed by atoms with Crippen molar-refractivity contribution in [1.29, 1.82) is 0 Å². The maximum Gasteiger partial charge on any atom is 0.137 e. The van der Waals surface area contributed by atoms with Gasteiger partial charge in [-0.2, -0.15) is 0 Å². The van der Waals surface area contributed by atoms with E-state index in [0.717, 1.165) is 23.1 Å². The Morgan fingerprint density at radius 2 is 2.57 bits per heavy atom. The maximum atomic E-state index is 7.78. The standard InChI is InChI=1S/C11H15N3/c1-2-12-7-5-9-8-14-11-10(9)4-3-6-13-11/h3-4,6,8,12H,2,5,7H2,1H3,(H,13,14)/i7D. The second kappa shape index (κ2) is 4.24. The molecule has 2 heterocycles. The predicted molar refractivity (Wildman–Crippen MR) is 58.3 cm³/mol. The molecule has 0 aliphatic carbocycles. The van der Waals surface area contributed by atoms with Crippen molar-refractivity contribution in [2.24, 2.45) is 0 Å². The summed E-state index contributed by atoms with van der Waals surface area (Å²) in [5.41, 5.74) is 2.05. The number of aryl methyl sites for hydroxylation is 1. The van der Waals surface area contributed by atoms with Crippen LogP contribution in [0.2, 0.25) is 0 Å². The van der Waals surface area contributed by atoms with E-state index >= 15 is 0 Å². The summed E-state index contributed by atoms with van der Waals surface area (Å²) < 4.78 is 7.78. The van der Waals surface area contributed by atoms with Crippen molar-refractivity contribution >= 4 is 11.0 Å². The Bertz CT molecular complexity index is 438. The van der Waals surface area contributed by atoms with Gasteiger partial charge in [0.05, 0.1) is 0 Å². The molecular weight excluding hydrogens is 174 g/mol. The van der Waals surface area contributed by atoms with Gasteiger partial charge in [-0.1, -0.05) is 6.92 Å². The first kappa shape index (κ1) is 8.00. The van der Waals surface area contributed by atoms with Crippen LogP contribution in [-0.2, 0) is 6.42 Å². The first-order chi connectivity index (χ1) is 7.31. The first-order valence-electron chi connectivity index (χ1n) is 5.45. The Labute approximate surface area is 85.0 Å². The van der Waals surface area contributed by atoms with Gasteiger partial charge in [0, 0.05) is 19.2 Å². The lowest BCUT2D eigenvalue weighted by molar-refractivity contribution is 0.718. The molecule has 14 heavy (non-hydrogen) atoms. The lowest BCUT2D eigenvalue weighted by Crippen LogP contribution is -2.15. The van der Waals surface area contributed by atoms with Crippen molar-refractivity contribution in [2.75, 3.05) is 13.1 Å². The molecule has 0 saturated carbocycles. The van der Waals surface area contributed by atoms with Crippen LogP contribution in [0.4, 0.5) is 0 Å². The molecule has 0 amide bonds. The number of hydrogen-bond donors (Lipinski definition) is 2. The molecule has 2 N–H and O–H groups in total. The minimum absolute atomic E-state index is 0.241. The molecule has 0 radical (unpaired) electrons. The molecule has 1 unspecified atom stereocenters. The molecule has 1 atom stereocenters. The van der Waals surface area contributed by atoms with E-state index in [0.29, 0.717) is 6.42 Å². The van der Waals surface area contributed by atoms with Gasteiger partial charge in [0.2, 0.25) is 0 Å². The molecule has 3 nitrogen and oxygen atoms in total. The predicted octanol–water partition coefficient (Wildman–Crippen LogP) is 1.71. The van der Waals surface area contributed by atoms with Gasteiger partial charge in [-0.25, -0.2) is 4.98 Å². The highest BCUT2D eigenvalue weighted by Crippen LogP contribution is 2.15. The summed E-state index contributed by atoms with van der Waals surface area (Å²) in [7, 11) is 0. The molecule has 3 heteroatoms. The summed E-state index contributed by atoms with van der Waals surface area (Å²) in [6.45, 7) is 2.60. The van der Waals surface area contributed by atoms with Crippen molar-refractivity contribution in [1.82, 2.24) is 15.3 Å². The molecule has 2 rings (SSSR count). The van der Waals surface area contributed by atoms with Crippen molar-refractivity contribution in [3.05, 3.63) is 30.1 Å². The van der Waals surface area contributed by atoms with Crippen LogP contribution in [0.3, 0.4) is 0 Å². The summed E-state index contributed by atoms with van der Waals surface area (Å²) in [5.74, 6) is 0. The zero-order chi connectivity index (χ0) is 10.7. The maximum absolute atomic E-state index is 7.78. The van der Waals surface area contributed by atoms with Crippen LogP contribution in [0.15, 0.2) is 24.5 Å². The van der Waals surface area contributed by atoms with Crippen LogP contribution >= 0.6 is 0 Å². The topological polar surface area (TPSA) is 40.7 Å². The fraction of sp³-hybridized carbons (Fsp3) is 0.364. The third-order valence-electron chi connectivity index (χ3n) is 2.21. The average Bonchev–Trinajstić information content (AvgIpc) is 2.62. The Morgan fingerprint density at radius 1 is 1.64 bits per heavy atom. The number of fused-ring (bicyclic) bond motifs is 1. The number of rotatable bonds is 4. The zero-order valence-electron chi connectivity index (χ0n) is 9.25. The minimum atomic E-state index is -0.241. The van der Waals surface area contributed by atoms with Crippen LogP contribution in [0.25, 0.3) is 11.0 Å². The van der Waals surface area contributed by atoms with Gasteiger partial charge in [0.25, 0.3) is 0 Å². The Kier molecular flexibility index (Phi) is 2.42. The van der Waals surface area contributed by atoms with E-state index < -0.39 is 0 Å². The molecule has 2 aromatic rings. The first-order valence-corrected chi connectivity index (χ1v) is 4.88. The number of H-pyrrole nitrogens is 1. The molecule has 0 aromatic carbocycles. The molecule has 74 valence electrons. The largest absolute Gasteiger partial charge is 0.346 e. The zero-order valence-corrected chi connectivity index (χ0v) is 8.25. The molecule has 2 aromatic heterocycles. The van der Waals surface area contributed by atoms with E-state index in [-0.39, 0.29) is 6.52 Å². The van der Waals surface area contributed by atoms with Gasteiger partial charge < -0.3 is 10.3 Å². The van der Waals surface area contributed by atoms with Crippen LogP contribution in [0.1, 0.15) is 13.9 Å². The number of pyridine rings is 1. The summed E-state index contributed by atoms with van der Waals surface area (Å²) >= 11 is 0. The van der Waals surface area contributed by atoms with Crippen molar-refractivity contribution in [3.8, 4) is 0 Å². The molecular formula is C11H15N3. The number of likely N-dealkylation sites (N-methyl/N-ethyl adjacent to an activating group) is 1. The van der Waals surface area contributed by atoms with E-state index in [9.17, 15) is 0 Å². The van der Waals surface area contributed by atoms with Crippen molar-refractivity contribution in [3.63, 3.8) is 0 Å². The number of aromatic nitrogens is 2. The van der Waals surface area contributed by atoms with Crippen molar-refractivity contribution < 1.29 is 1.37 Å². The second-order valence-electron chi connectivity index (χ2n) is 3.18. The van der Waals surface area contributed by atoms with Crippen molar-refractivity contribution in [2.45, 2.75) is 13.3 Å². The van der Waals surface area contributed by atoms with E-state index in [4.69, 9.17) is 1.37 Å². The van der Waals surface area contributed by atoms with E-state index in [2.05, 4.69) is 15.3 Å². The number of hydrogen-bond acceptors (Lipinski definition) is 2. The minimum Gasteiger partial charge on any atom is -0.346 e. The van der Waals surface area contributed by atoms with Gasteiger partial charge in [0.15, 0.2) is 0 Å². The van der Waals surface area contributed by atoms with E-state index in [1.165, 1.54) is 0 Å². The van der Waals surface area contributed by atoms with Crippen LogP contribution < -0.4 is 5.32 Å². The molecule has 0 aliphatic rings. The van der Waals surface area contributed by atoms with Crippen LogP contribution in [-0.4, -0.2) is 23.0 Å². The summed E-state index contributed by atoms with van der Waals surface area (Å²) in [4.78, 5) is 7.33. The average molecular weight is 190 g/mol. The fourth-order valence-corrected chi connectivity index (χ4v) is 1.51. The molecule has 0 spiro atoms. The van der Waals surface area contributed by atoms with E-state index in [1.807, 2.05) is 25.3 Å². The highest BCUT2D eigenvalue weighted by molar-refractivity contribution is 5.79. The Balaban J connectivity index is 2.21. The number of aromatic amines is 1. The highest BCUT2D eigenvalue weighted by Gasteiger charge is 2.02. The molecule has 0 fully saturated rings. The normalized spacial score (nSPS) is 14.2. The summed E-state index contributed by atoms with van der Waals surface area (Å²) in [5, 5.41) is 4.20. The fourth-order valence-electron chi connectivity index (χ4n) is 1.51. The number of nitrogens with zero attached hydrogens (tertiary/aromatic N) is 1. The SMILES string of the molecule is [2H]C(Cc1c[nH]c2ncccc12)NCC. The third-order valence-corrected chi connectivity index (χ3v) is 2.21. The lowest BCUT2D eigenvalue weighted by Gasteiger charge is -1.99. The molecule has 0 bridgehead atoms. The molecule has 0 saturated heterocycles. The van der Waals surface area contributed by atoms with Gasteiger partial charge >= 0.3 is 0 Å². The third kappa shape index (κ3) is 1.77. The summed E-state index contributed by atoms with van der Waals surface area (Å²) in [6.07, 6.45) is 4.42. The van der Waals surface area contributed by atoms with Gasteiger partial charge in [-0.05, 0) is 37.2 Å². The van der Waals surface area contributed by atoms with Crippen LogP contribution in [0, 0.1) is 0 Å². The van der Waals surface area contributed by atoms with Crippen LogP contribution in [0.5, 0.6) is 0 Å². The Morgan fingerprint density at radius 3 is 3.43 bits per heavy atom. The monoisotopic (exact) mass is 190 g/mol. The quantitative estimate of drug-likeness (QED) is 0.770. The second-order valence-corrected chi connectivity index (χ2v) is 3.18. The molecule has 0 aliphatic heterocycles. The smallest absolute Gasteiger partial charge is 0.137 e. The van der Waals surface area contributed by atoms with Gasteiger partial charge in [-0.15, -0.1) is 0 Å². The van der Waals surface area contributed by atoms with Gasteiger partial charge in [0.1, 0.15) is 5.65 Å². The van der Waals surface area contributed by atoms with Gasteiger partial charge in [-0.3, -0.25) is 0 Å².